The van der Waals surface area contributed by atoms with Gasteiger partial charge in [-0.3, -0.25) is 9.35 Å². The van der Waals surface area contributed by atoms with E-state index in [1.54, 1.807) is 0 Å². The number of nitrogens with one attached hydrogen (secondary N) is 1. The SMILES string of the molecule is CCCCCCCCCCC/C=C\C/C=C\CCCCCCCCCCCCCC(=O)NC(COC1OC(CO)C(O)C(OS(=O)(=O)O)C1O)C(O)CCCCCCCCCCCC. The van der Waals surface area contributed by atoms with Crippen molar-refractivity contribution < 1.29 is 51.8 Å². The minimum atomic E-state index is -5.07. The zero-order valence-corrected chi connectivity index (χ0v) is 41.4. The molecule has 12 nitrogen and oxygen atoms in total. The highest BCUT2D eigenvalue weighted by atomic mass is 32.3. The quantitative estimate of drug-likeness (QED) is 0.0193. The summed E-state index contributed by atoms with van der Waals surface area (Å²) in [5.41, 5.74) is 0. The predicted molar refractivity (Wildman–Crippen MR) is 259 cm³/mol. The molecule has 378 valence electrons. The van der Waals surface area contributed by atoms with Gasteiger partial charge in [-0.1, -0.05) is 212 Å². The van der Waals surface area contributed by atoms with E-state index in [1.807, 2.05) is 0 Å². The highest BCUT2D eigenvalue weighted by Gasteiger charge is 2.48. The van der Waals surface area contributed by atoms with Gasteiger partial charge in [0.25, 0.3) is 0 Å². The first-order valence-electron chi connectivity index (χ1n) is 26.2. The summed E-state index contributed by atoms with van der Waals surface area (Å²) >= 11 is 0. The Morgan fingerprint density at radius 2 is 1.05 bits per heavy atom. The summed E-state index contributed by atoms with van der Waals surface area (Å²) in [5, 5.41) is 44.8. The largest absolute Gasteiger partial charge is 0.397 e. The van der Waals surface area contributed by atoms with Crippen LogP contribution in [0.4, 0.5) is 0 Å². The van der Waals surface area contributed by atoms with Crippen LogP contribution in [0.5, 0.6) is 0 Å². The molecule has 1 saturated heterocycles. The van der Waals surface area contributed by atoms with E-state index in [1.165, 1.54) is 154 Å². The second-order valence-electron chi connectivity index (χ2n) is 18.5. The van der Waals surface area contributed by atoms with E-state index in [0.29, 0.717) is 19.3 Å². The molecule has 0 radical (unpaired) electrons. The summed E-state index contributed by atoms with van der Waals surface area (Å²) in [6.45, 7) is 3.44. The van der Waals surface area contributed by atoms with Crippen LogP contribution >= 0.6 is 0 Å². The van der Waals surface area contributed by atoms with Crippen LogP contribution < -0.4 is 5.32 Å². The maximum Gasteiger partial charge on any atom is 0.397 e. The molecular weight excluding hydrogens is 835 g/mol. The molecule has 1 amide bonds. The molecule has 1 rings (SSSR count). The highest BCUT2D eigenvalue weighted by Crippen LogP contribution is 2.26. The third-order valence-corrected chi connectivity index (χ3v) is 13.0. The van der Waals surface area contributed by atoms with Gasteiger partial charge >= 0.3 is 10.4 Å². The number of carbonyl (C=O) groups excluding carboxylic acids is 1. The molecule has 1 aliphatic heterocycles. The Labute approximate surface area is 391 Å². The lowest BCUT2D eigenvalue weighted by Gasteiger charge is -2.41. The number of rotatable bonds is 45. The Morgan fingerprint density at radius 1 is 0.625 bits per heavy atom. The summed E-state index contributed by atoms with van der Waals surface area (Å²) in [6, 6.07) is -0.856. The van der Waals surface area contributed by atoms with Crippen molar-refractivity contribution in [2.75, 3.05) is 13.2 Å². The van der Waals surface area contributed by atoms with Gasteiger partial charge in [-0.2, -0.15) is 8.42 Å². The fourth-order valence-electron chi connectivity index (χ4n) is 8.43. The molecule has 0 saturated carbocycles. The average Bonchev–Trinajstić information content (AvgIpc) is 3.27. The monoisotopic (exact) mass is 932 g/mol. The number of unbranched alkanes of at least 4 members (excludes halogenated alkanes) is 29. The number of hydrogen-bond acceptors (Lipinski definition) is 10. The molecule has 0 aromatic carbocycles. The first-order valence-corrected chi connectivity index (χ1v) is 27.6. The molecular formula is C51H97NO11S. The summed E-state index contributed by atoms with van der Waals surface area (Å²) < 4.78 is 47.7. The molecule has 0 aromatic heterocycles. The summed E-state index contributed by atoms with van der Waals surface area (Å²) in [4.78, 5) is 13.1. The normalized spacial score (nSPS) is 20.4. The third-order valence-electron chi connectivity index (χ3n) is 12.5. The van der Waals surface area contributed by atoms with Crippen molar-refractivity contribution in [2.24, 2.45) is 0 Å². The number of ether oxygens (including phenoxy) is 2. The van der Waals surface area contributed by atoms with Gasteiger partial charge in [-0.25, -0.2) is 4.18 Å². The first-order chi connectivity index (χ1) is 31.0. The molecule has 7 unspecified atom stereocenters. The Kier molecular flexibility index (Phi) is 39.5. The highest BCUT2D eigenvalue weighted by molar-refractivity contribution is 7.80. The summed E-state index contributed by atoms with van der Waals surface area (Å²) in [6.07, 6.45) is 40.6. The number of aliphatic hydroxyl groups excluding tert-OH is 4. The molecule has 0 spiro atoms. The van der Waals surface area contributed by atoms with Gasteiger partial charge < -0.3 is 35.2 Å². The summed E-state index contributed by atoms with van der Waals surface area (Å²) in [5.74, 6) is -0.232. The van der Waals surface area contributed by atoms with Crippen LogP contribution in [0.2, 0.25) is 0 Å². The summed E-state index contributed by atoms with van der Waals surface area (Å²) in [7, 11) is -5.07. The van der Waals surface area contributed by atoms with Gasteiger partial charge in [0.05, 0.1) is 25.4 Å². The molecule has 13 heteroatoms. The molecule has 0 bridgehead atoms. The van der Waals surface area contributed by atoms with Crippen LogP contribution in [-0.2, 0) is 28.9 Å². The minimum absolute atomic E-state index is 0.232. The van der Waals surface area contributed by atoms with Crippen LogP contribution in [0.1, 0.15) is 239 Å². The van der Waals surface area contributed by atoms with Crippen molar-refractivity contribution in [3.8, 4) is 0 Å². The van der Waals surface area contributed by atoms with Gasteiger partial charge in [-0.05, 0) is 44.9 Å². The van der Waals surface area contributed by atoms with Gasteiger partial charge in [0.2, 0.25) is 5.91 Å². The van der Waals surface area contributed by atoms with E-state index in [-0.39, 0.29) is 12.5 Å². The fraction of sp³-hybridized carbons (Fsp3) is 0.902. The topological polar surface area (TPSA) is 192 Å². The lowest BCUT2D eigenvalue weighted by atomic mass is 9.99. The van der Waals surface area contributed by atoms with E-state index >= 15 is 0 Å². The molecule has 1 fully saturated rings. The fourth-order valence-corrected chi connectivity index (χ4v) is 8.94. The van der Waals surface area contributed by atoms with Crippen molar-refractivity contribution in [3.63, 3.8) is 0 Å². The maximum atomic E-state index is 13.1. The van der Waals surface area contributed by atoms with Gasteiger partial charge in [0.15, 0.2) is 6.29 Å². The molecule has 6 N–H and O–H groups in total. The van der Waals surface area contributed by atoms with Crippen LogP contribution in [0, 0.1) is 0 Å². The Morgan fingerprint density at radius 3 is 1.48 bits per heavy atom. The van der Waals surface area contributed by atoms with Crippen LogP contribution in [0.25, 0.3) is 0 Å². The standard InChI is InChI=1S/C51H97NO11S/c1-3-5-7-9-11-13-15-16-17-18-19-20-21-22-23-24-25-26-27-28-29-30-31-33-35-37-39-41-47(55)52-44(45(54)40-38-36-34-32-14-12-10-8-6-4-2)43-61-51-49(57)50(63-64(58,59)60)48(56)46(42-53)62-51/h19-20,22-23,44-46,48-51,53-54,56-57H,3-18,21,24-43H2,1-2H3,(H,52,55)(H,58,59,60)/b20-19-,23-22-. The van der Waals surface area contributed by atoms with Crippen molar-refractivity contribution >= 4 is 16.3 Å². The Bertz CT molecular complexity index is 1230. The smallest absolute Gasteiger partial charge is 0.394 e. The van der Waals surface area contributed by atoms with Crippen molar-refractivity contribution in [1.82, 2.24) is 5.32 Å². The number of carbonyl (C=O) groups is 1. The van der Waals surface area contributed by atoms with Gasteiger partial charge in [0, 0.05) is 6.42 Å². The van der Waals surface area contributed by atoms with Crippen LogP contribution in [0.3, 0.4) is 0 Å². The number of aliphatic hydroxyl groups is 4. The second kappa shape index (κ2) is 41.7. The molecule has 0 aliphatic carbocycles. The number of allylic oxidation sites excluding steroid dienone is 4. The lowest BCUT2D eigenvalue weighted by Crippen LogP contribution is -2.61. The van der Waals surface area contributed by atoms with E-state index in [2.05, 4.69) is 47.7 Å². The third kappa shape index (κ3) is 34.0. The van der Waals surface area contributed by atoms with Gasteiger partial charge in [-0.15, -0.1) is 0 Å². The maximum absolute atomic E-state index is 13.1. The first kappa shape index (κ1) is 60.6. The Balaban J connectivity index is 2.30. The molecule has 1 aliphatic rings. The lowest BCUT2D eigenvalue weighted by molar-refractivity contribution is -0.298. The van der Waals surface area contributed by atoms with E-state index in [0.717, 1.165) is 51.4 Å². The van der Waals surface area contributed by atoms with Gasteiger partial charge in [0.1, 0.15) is 24.4 Å². The van der Waals surface area contributed by atoms with E-state index in [9.17, 15) is 38.2 Å². The van der Waals surface area contributed by atoms with E-state index < -0.39 is 59.9 Å². The predicted octanol–water partition coefficient (Wildman–Crippen LogP) is 11.3. The van der Waals surface area contributed by atoms with Crippen LogP contribution in [-0.4, -0.2) is 95.4 Å². The van der Waals surface area contributed by atoms with Crippen molar-refractivity contribution in [3.05, 3.63) is 24.3 Å². The zero-order chi connectivity index (χ0) is 46.9. The second-order valence-corrected chi connectivity index (χ2v) is 19.5. The van der Waals surface area contributed by atoms with Crippen LogP contribution in [0.15, 0.2) is 24.3 Å². The van der Waals surface area contributed by atoms with E-state index in [4.69, 9.17) is 9.47 Å². The number of amides is 1. The zero-order valence-electron chi connectivity index (χ0n) is 40.6. The number of hydrogen-bond donors (Lipinski definition) is 6. The van der Waals surface area contributed by atoms with Crippen molar-refractivity contribution in [2.45, 2.75) is 281 Å². The molecule has 1 heterocycles. The Hall–Kier alpha value is -1.42. The average molecular weight is 932 g/mol. The minimum Gasteiger partial charge on any atom is -0.394 e. The molecule has 64 heavy (non-hydrogen) atoms. The molecule has 0 aromatic rings. The van der Waals surface area contributed by atoms with Crippen molar-refractivity contribution in [1.29, 1.82) is 0 Å². The molecule has 7 atom stereocenters.